The third kappa shape index (κ3) is 2.20. The largest absolute Gasteiger partial charge is 0.507 e. The minimum atomic E-state index is -0.0871. The number of benzene rings is 2. The Balaban J connectivity index is 2.53. The van der Waals surface area contributed by atoms with E-state index in [0.717, 1.165) is 5.56 Å². The number of halogens is 1. The van der Waals surface area contributed by atoms with Crippen LogP contribution in [0.4, 0.5) is 0 Å². The average Bonchev–Trinajstić information content (AvgIpc) is 2.39. The molecule has 2 aromatic rings. The zero-order valence-electron chi connectivity index (χ0n) is 9.22. The maximum atomic E-state index is 10.6. The van der Waals surface area contributed by atoms with E-state index in [1.165, 1.54) is 12.1 Å². The normalized spacial score (nSPS) is 9.78. The Kier molecular flexibility index (Phi) is 3.31. The molecule has 0 amide bonds. The number of rotatable bonds is 2. The van der Waals surface area contributed by atoms with E-state index < -0.39 is 0 Å². The van der Waals surface area contributed by atoms with Crippen molar-refractivity contribution in [1.29, 1.82) is 5.26 Å². The minimum absolute atomic E-state index is 0.0871. The summed E-state index contributed by atoms with van der Waals surface area (Å²) in [6.45, 7) is 0. The molecular formula is C14H8ClNO2. The Morgan fingerprint density at radius 2 is 1.83 bits per heavy atom. The van der Waals surface area contributed by atoms with Crippen molar-refractivity contribution in [3.8, 4) is 22.9 Å². The first-order valence-corrected chi connectivity index (χ1v) is 5.51. The van der Waals surface area contributed by atoms with Crippen LogP contribution in [-0.2, 0) is 0 Å². The van der Waals surface area contributed by atoms with Gasteiger partial charge in [-0.25, -0.2) is 0 Å². The van der Waals surface area contributed by atoms with E-state index in [1.807, 2.05) is 6.07 Å². The van der Waals surface area contributed by atoms with Crippen LogP contribution < -0.4 is 0 Å². The van der Waals surface area contributed by atoms with Crippen LogP contribution in [0.5, 0.6) is 5.75 Å². The summed E-state index contributed by atoms with van der Waals surface area (Å²) in [6, 6.07) is 11.7. The van der Waals surface area contributed by atoms with Gasteiger partial charge in [0, 0.05) is 0 Å². The van der Waals surface area contributed by atoms with E-state index in [0.29, 0.717) is 22.4 Å². The van der Waals surface area contributed by atoms with Crippen molar-refractivity contribution in [2.24, 2.45) is 0 Å². The van der Waals surface area contributed by atoms with Crippen molar-refractivity contribution in [3.63, 3.8) is 0 Å². The summed E-state index contributed by atoms with van der Waals surface area (Å²) in [5, 5.41) is 18.9. The van der Waals surface area contributed by atoms with Gasteiger partial charge in [-0.2, -0.15) is 5.26 Å². The van der Waals surface area contributed by atoms with Gasteiger partial charge in [-0.15, -0.1) is 0 Å². The Morgan fingerprint density at radius 3 is 2.44 bits per heavy atom. The molecule has 88 valence electrons. The fourth-order valence-corrected chi connectivity index (χ4v) is 1.77. The molecule has 3 nitrogen and oxygen atoms in total. The van der Waals surface area contributed by atoms with Crippen molar-refractivity contribution in [1.82, 2.24) is 0 Å². The fraction of sp³-hybridized carbons (Fsp3) is 0. The second-order valence-corrected chi connectivity index (χ2v) is 4.11. The van der Waals surface area contributed by atoms with E-state index >= 15 is 0 Å². The predicted octanol–water partition coefficient (Wildman–Crippen LogP) is 3.40. The van der Waals surface area contributed by atoms with Gasteiger partial charge < -0.3 is 5.11 Å². The van der Waals surface area contributed by atoms with Crippen molar-refractivity contribution >= 4 is 17.9 Å². The summed E-state index contributed by atoms with van der Waals surface area (Å²) in [6.07, 6.45) is 0.585. The van der Waals surface area contributed by atoms with Gasteiger partial charge in [0.25, 0.3) is 0 Å². The molecule has 0 fully saturated rings. The molecule has 0 bridgehead atoms. The smallest absolute Gasteiger partial charge is 0.153 e. The quantitative estimate of drug-likeness (QED) is 0.839. The molecule has 2 rings (SSSR count). The molecule has 4 heteroatoms. The van der Waals surface area contributed by atoms with Crippen LogP contribution >= 0.6 is 11.6 Å². The highest BCUT2D eigenvalue weighted by molar-refractivity contribution is 6.31. The molecular weight excluding hydrogens is 250 g/mol. The number of nitriles is 1. The first-order valence-electron chi connectivity index (χ1n) is 5.14. The number of phenolic OH excluding ortho intramolecular Hbond substituents is 1. The van der Waals surface area contributed by atoms with Crippen LogP contribution in [0.2, 0.25) is 5.02 Å². The molecule has 0 spiro atoms. The summed E-state index contributed by atoms with van der Waals surface area (Å²) < 4.78 is 0. The van der Waals surface area contributed by atoms with E-state index in [9.17, 15) is 9.90 Å². The van der Waals surface area contributed by atoms with E-state index in [2.05, 4.69) is 0 Å². The van der Waals surface area contributed by atoms with Crippen molar-refractivity contribution < 1.29 is 9.90 Å². The van der Waals surface area contributed by atoms with Crippen LogP contribution in [0.25, 0.3) is 11.1 Å². The highest BCUT2D eigenvalue weighted by Crippen LogP contribution is 2.28. The Labute approximate surface area is 109 Å². The lowest BCUT2D eigenvalue weighted by Gasteiger charge is -2.05. The number of carbonyl (C=O) groups excluding carboxylic acids is 1. The van der Waals surface area contributed by atoms with Crippen LogP contribution in [0, 0.1) is 11.3 Å². The average molecular weight is 258 g/mol. The number of aldehydes is 1. The van der Waals surface area contributed by atoms with E-state index in [4.69, 9.17) is 16.9 Å². The maximum Gasteiger partial charge on any atom is 0.153 e. The van der Waals surface area contributed by atoms with Gasteiger partial charge in [0.05, 0.1) is 16.1 Å². The Bertz CT molecular complexity index is 659. The lowest BCUT2D eigenvalue weighted by Crippen LogP contribution is -1.85. The molecule has 0 aliphatic heterocycles. The van der Waals surface area contributed by atoms with Crippen LogP contribution in [0.15, 0.2) is 36.4 Å². The first kappa shape index (κ1) is 12.2. The van der Waals surface area contributed by atoms with E-state index in [-0.39, 0.29) is 11.3 Å². The van der Waals surface area contributed by atoms with Gasteiger partial charge in [0.15, 0.2) is 6.29 Å². The van der Waals surface area contributed by atoms with Gasteiger partial charge in [-0.3, -0.25) is 4.79 Å². The third-order valence-electron chi connectivity index (χ3n) is 2.58. The molecule has 0 radical (unpaired) electrons. The molecule has 0 unspecified atom stereocenters. The van der Waals surface area contributed by atoms with Crippen LogP contribution in [0.3, 0.4) is 0 Å². The summed E-state index contributed by atoms with van der Waals surface area (Å²) in [7, 11) is 0. The lowest BCUT2D eigenvalue weighted by atomic mass is 10.0. The van der Waals surface area contributed by atoms with Crippen molar-refractivity contribution in [3.05, 3.63) is 52.5 Å². The zero-order valence-corrected chi connectivity index (χ0v) is 9.98. The lowest BCUT2D eigenvalue weighted by molar-refractivity contribution is 0.112. The summed E-state index contributed by atoms with van der Waals surface area (Å²) >= 11 is 5.84. The highest BCUT2D eigenvalue weighted by Gasteiger charge is 2.06. The van der Waals surface area contributed by atoms with Gasteiger partial charge in [-0.05, 0) is 35.4 Å². The van der Waals surface area contributed by atoms with Crippen molar-refractivity contribution in [2.45, 2.75) is 0 Å². The molecule has 0 aliphatic rings. The monoisotopic (exact) mass is 257 g/mol. The molecule has 0 heterocycles. The molecule has 0 saturated heterocycles. The predicted molar refractivity (Wildman–Crippen MR) is 68.7 cm³/mol. The van der Waals surface area contributed by atoms with Gasteiger partial charge in [0.1, 0.15) is 11.8 Å². The first-order chi connectivity index (χ1) is 8.65. The highest BCUT2D eigenvalue weighted by atomic mass is 35.5. The molecule has 0 atom stereocenters. The summed E-state index contributed by atoms with van der Waals surface area (Å²) in [4.78, 5) is 10.6. The number of nitrogens with zero attached hydrogens (tertiary/aromatic N) is 1. The Hall–Kier alpha value is -2.31. The summed E-state index contributed by atoms with van der Waals surface area (Å²) in [5.74, 6) is -0.0871. The SMILES string of the molecule is N#Cc1cc(-c2ccc(C=O)c(O)c2)ccc1Cl. The van der Waals surface area contributed by atoms with E-state index in [1.54, 1.807) is 24.3 Å². The standard InChI is InChI=1S/C14H8ClNO2/c15-13-4-3-9(5-12(13)7-16)10-1-2-11(8-17)14(18)6-10/h1-6,8,18H. The fourth-order valence-electron chi connectivity index (χ4n) is 1.61. The van der Waals surface area contributed by atoms with Crippen molar-refractivity contribution in [2.75, 3.05) is 0 Å². The molecule has 2 aromatic carbocycles. The number of hydrogen-bond donors (Lipinski definition) is 1. The van der Waals surface area contributed by atoms with Gasteiger partial charge in [-0.1, -0.05) is 23.7 Å². The molecule has 0 aliphatic carbocycles. The number of phenols is 1. The van der Waals surface area contributed by atoms with Gasteiger partial charge in [0.2, 0.25) is 0 Å². The number of aromatic hydroxyl groups is 1. The topological polar surface area (TPSA) is 61.1 Å². The number of hydrogen-bond acceptors (Lipinski definition) is 3. The zero-order chi connectivity index (χ0) is 13.1. The summed E-state index contributed by atoms with van der Waals surface area (Å²) in [5.41, 5.74) is 2.07. The minimum Gasteiger partial charge on any atom is -0.507 e. The molecule has 18 heavy (non-hydrogen) atoms. The maximum absolute atomic E-state index is 10.6. The van der Waals surface area contributed by atoms with Crippen LogP contribution in [0.1, 0.15) is 15.9 Å². The second-order valence-electron chi connectivity index (χ2n) is 3.70. The van der Waals surface area contributed by atoms with Crippen LogP contribution in [-0.4, -0.2) is 11.4 Å². The Morgan fingerprint density at radius 1 is 1.17 bits per heavy atom. The molecule has 0 aromatic heterocycles. The second kappa shape index (κ2) is 4.91. The number of carbonyl (C=O) groups is 1. The third-order valence-corrected chi connectivity index (χ3v) is 2.91. The van der Waals surface area contributed by atoms with Gasteiger partial charge >= 0.3 is 0 Å². The molecule has 0 saturated carbocycles. The molecule has 1 N–H and O–H groups in total.